The first kappa shape index (κ1) is 17.2. The molecule has 0 aliphatic rings. The highest BCUT2D eigenvalue weighted by atomic mass is 19.3. The van der Waals surface area contributed by atoms with Gasteiger partial charge in [0.25, 0.3) is 0 Å². The Hall–Kier alpha value is -3.20. The highest BCUT2D eigenvalue weighted by molar-refractivity contribution is 6.14. The average molecular weight is 329 g/mol. The Morgan fingerprint density at radius 1 is 1.17 bits per heavy atom. The Morgan fingerprint density at radius 2 is 1.88 bits per heavy atom. The second-order valence-corrected chi connectivity index (χ2v) is 4.65. The third-order valence-electron chi connectivity index (χ3n) is 3.12. The smallest absolute Gasteiger partial charge is 0.387 e. The normalized spacial score (nSPS) is 11.0. The van der Waals surface area contributed by atoms with Crippen molar-refractivity contribution in [2.24, 2.45) is 0 Å². The third-order valence-corrected chi connectivity index (χ3v) is 3.12. The summed E-state index contributed by atoms with van der Waals surface area (Å²) < 4.78 is 34.0. The number of carbonyl (C=O) groups excluding carboxylic acids is 1. The van der Waals surface area contributed by atoms with Crippen LogP contribution in [0.25, 0.3) is 6.08 Å². The summed E-state index contributed by atoms with van der Waals surface area (Å²) in [6.45, 7) is -2.98. The van der Waals surface area contributed by atoms with E-state index in [1.54, 1.807) is 30.3 Å². The zero-order valence-electron chi connectivity index (χ0n) is 12.7. The van der Waals surface area contributed by atoms with E-state index in [9.17, 15) is 18.8 Å². The molecule has 0 saturated heterocycles. The number of allylic oxidation sites excluding steroid dienone is 1. The number of nitrogens with zero attached hydrogens (tertiary/aromatic N) is 1. The summed E-state index contributed by atoms with van der Waals surface area (Å²) in [5, 5.41) is 9.22. The van der Waals surface area contributed by atoms with Gasteiger partial charge in [0.05, 0.1) is 7.11 Å². The molecular weight excluding hydrogens is 316 g/mol. The number of carbonyl (C=O) groups is 1. The number of halogens is 2. The van der Waals surface area contributed by atoms with E-state index in [0.29, 0.717) is 11.1 Å². The molecule has 2 aromatic rings. The molecule has 122 valence electrons. The predicted molar refractivity (Wildman–Crippen MR) is 84.0 cm³/mol. The first-order chi connectivity index (χ1) is 11.5. The molecule has 0 radical (unpaired) electrons. The van der Waals surface area contributed by atoms with Crippen LogP contribution in [0.4, 0.5) is 8.78 Å². The molecule has 0 N–H and O–H groups in total. The summed E-state index contributed by atoms with van der Waals surface area (Å²) in [4.78, 5) is 12.3. The molecule has 0 aromatic heterocycles. The van der Waals surface area contributed by atoms with Crippen molar-refractivity contribution in [2.75, 3.05) is 7.11 Å². The second kappa shape index (κ2) is 7.88. The Kier molecular flexibility index (Phi) is 5.63. The minimum absolute atomic E-state index is 0.0773. The molecule has 0 saturated carbocycles. The molecule has 2 aromatic carbocycles. The van der Waals surface area contributed by atoms with E-state index in [2.05, 4.69) is 4.74 Å². The van der Waals surface area contributed by atoms with E-state index in [1.165, 1.54) is 31.4 Å². The fourth-order valence-corrected chi connectivity index (χ4v) is 2.03. The summed E-state index contributed by atoms with van der Waals surface area (Å²) in [7, 11) is 1.31. The highest BCUT2D eigenvalue weighted by Crippen LogP contribution is 2.30. The number of methoxy groups -OCH3 is 1. The van der Waals surface area contributed by atoms with E-state index < -0.39 is 12.4 Å². The summed E-state index contributed by atoms with van der Waals surface area (Å²) in [5.74, 6) is -0.476. The van der Waals surface area contributed by atoms with Crippen LogP contribution in [0.5, 0.6) is 11.5 Å². The van der Waals surface area contributed by atoms with E-state index in [1.807, 2.05) is 6.07 Å². The van der Waals surface area contributed by atoms with Gasteiger partial charge in [-0.25, -0.2) is 0 Å². The second-order valence-electron chi connectivity index (χ2n) is 4.65. The lowest BCUT2D eigenvalue weighted by Gasteiger charge is -2.10. The lowest BCUT2D eigenvalue weighted by Crippen LogP contribution is -2.04. The number of rotatable bonds is 6. The molecule has 4 nitrogen and oxygen atoms in total. The molecular formula is C18H13F2NO3. The molecule has 0 spiro atoms. The lowest BCUT2D eigenvalue weighted by atomic mass is 10.0. The molecule has 0 unspecified atom stereocenters. The van der Waals surface area contributed by atoms with Gasteiger partial charge in [-0.2, -0.15) is 14.0 Å². The number of ether oxygens (including phenoxy) is 2. The van der Waals surface area contributed by atoms with E-state index in [4.69, 9.17) is 4.74 Å². The number of hydrogen-bond acceptors (Lipinski definition) is 4. The standard InChI is InChI=1S/C18H13F2NO3/c1-23-16-10-12(7-8-15(16)24-18(19)20)9-14(11-21)17(22)13-5-3-2-4-6-13/h2-10,18H,1H3/b14-9+. The Balaban J connectivity index is 2.34. The van der Waals surface area contributed by atoms with Gasteiger partial charge in [-0.1, -0.05) is 36.4 Å². The van der Waals surface area contributed by atoms with Gasteiger partial charge in [-0.05, 0) is 23.8 Å². The first-order valence-electron chi connectivity index (χ1n) is 6.89. The highest BCUT2D eigenvalue weighted by Gasteiger charge is 2.14. The summed E-state index contributed by atoms with van der Waals surface area (Å²) in [5.41, 5.74) is 0.759. The van der Waals surface area contributed by atoms with Crippen LogP contribution in [-0.4, -0.2) is 19.5 Å². The zero-order valence-corrected chi connectivity index (χ0v) is 12.7. The third kappa shape index (κ3) is 4.17. The van der Waals surface area contributed by atoms with Crippen molar-refractivity contribution in [3.05, 3.63) is 65.2 Å². The largest absolute Gasteiger partial charge is 0.493 e. The molecule has 0 heterocycles. The van der Waals surface area contributed by atoms with Crippen molar-refractivity contribution >= 4 is 11.9 Å². The van der Waals surface area contributed by atoms with Gasteiger partial charge in [-0.3, -0.25) is 4.79 Å². The summed E-state index contributed by atoms with van der Waals surface area (Å²) in [6.07, 6.45) is 1.37. The Labute approximate surface area is 137 Å². The van der Waals surface area contributed by atoms with Gasteiger partial charge < -0.3 is 9.47 Å². The maximum absolute atomic E-state index is 12.3. The number of ketones is 1. The molecule has 0 amide bonds. The topological polar surface area (TPSA) is 59.3 Å². The molecule has 0 aliphatic carbocycles. The van der Waals surface area contributed by atoms with E-state index >= 15 is 0 Å². The van der Waals surface area contributed by atoms with Crippen LogP contribution in [-0.2, 0) is 0 Å². The van der Waals surface area contributed by atoms with E-state index in [0.717, 1.165) is 0 Å². The molecule has 24 heavy (non-hydrogen) atoms. The molecule has 0 aliphatic heterocycles. The number of hydrogen-bond donors (Lipinski definition) is 0. The molecule has 0 atom stereocenters. The van der Waals surface area contributed by atoms with E-state index in [-0.39, 0.29) is 17.1 Å². The van der Waals surface area contributed by atoms with Gasteiger partial charge in [0.1, 0.15) is 11.6 Å². The van der Waals surface area contributed by atoms with Crippen LogP contribution < -0.4 is 9.47 Å². The van der Waals surface area contributed by atoms with Crippen LogP contribution in [0.2, 0.25) is 0 Å². The minimum Gasteiger partial charge on any atom is -0.493 e. The van der Waals surface area contributed by atoms with Gasteiger partial charge in [0.15, 0.2) is 11.5 Å². The van der Waals surface area contributed by atoms with Crippen LogP contribution in [0, 0.1) is 11.3 Å². The zero-order chi connectivity index (χ0) is 17.5. The molecule has 0 bridgehead atoms. The van der Waals surface area contributed by atoms with Crippen LogP contribution in [0.15, 0.2) is 54.1 Å². The first-order valence-corrected chi connectivity index (χ1v) is 6.89. The quantitative estimate of drug-likeness (QED) is 0.455. The monoisotopic (exact) mass is 329 g/mol. The molecule has 2 rings (SSSR count). The van der Waals surface area contributed by atoms with Crippen molar-refractivity contribution < 1.29 is 23.0 Å². The Morgan fingerprint density at radius 3 is 2.46 bits per heavy atom. The molecule has 0 fully saturated rings. The number of Topliss-reactive ketones (excluding diaryl/α,β-unsaturated/α-hetero) is 1. The van der Waals surface area contributed by atoms with Crippen molar-refractivity contribution in [2.45, 2.75) is 6.61 Å². The maximum Gasteiger partial charge on any atom is 0.387 e. The maximum atomic E-state index is 12.3. The predicted octanol–water partition coefficient (Wildman–Crippen LogP) is 4.09. The van der Waals surface area contributed by atoms with Crippen LogP contribution >= 0.6 is 0 Å². The fourth-order valence-electron chi connectivity index (χ4n) is 2.03. The van der Waals surface area contributed by atoms with Crippen molar-refractivity contribution in [1.29, 1.82) is 5.26 Å². The van der Waals surface area contributed by atoms with Gasteiger partial charge in [-0.15, -0.1) is 0 Å². The van der Waals surface area contributed by atoms with Crippen LogP contribution in [0.3, 0.4) is 0 Å². The fraction of sp³-hybridized carbons (Fsp3) is 0.111. The minimum atomic E-state index is -2.98. The Bertz CT molecular complexity index is 796. The van der Waals surface area contributed by atoms with Crippen LogP contribution in [0.1, 0.15) is 15.9 Å². The van der Waals surface area contributed by atoms with Crippen molar-refractivity contribution in [1.82, 2.24) is 0 Å². The van der Waals surface area contributed by atoms with Gasteiger partial charge >= 0.3 is 6.61 Å². The van der Waals surface area contributed by atoms with Gasteiger partial charge in [0.2, 0.25) is 5.78 Å². The number of alkyl halides is 2. The number of benzene rings is 2. The number of nitriles is 1. The van der Waals surface area contributed by atoms with Crippen molar-refractivity contribution in [3.8, 4) is 17.6 Å². The lowest BCUT2D eigenvalue weighted by molar-refractivity contribution is -0.0512. The summed E-state index contributed by atoms with van der Waals surface area (Å²) in [6, 6.07) is 14.4. The average Bonchev–Trinajstić information content (AvgIpc) is 2.60. The summed E-state index contributed by atoms with van der Waals surface area (Å²) >= 11 is 0. The van der Waals surface area contributed by atoms with Crippen molar-refractivity contribution in [3.63, 3.8) is 0 Å². The van der Waals surface area contributed by atoms with Gasteiger partial charge in [0, 0.05) is 5.56 Å². The molecule has 6 heteroatoms. The SMILES string of the molecule is COc1cc(/C=C(\C#N)C(=O)c2ccccc2)ccc1OC(F)F.